The third kappa shape index (κ3) is 8.31. The van der Waals surface area contributed by atoms with Crippen LogP contribution in [0.5, 0.6) is 0 Å². The van der Waals surface area contributed by atoms with Gasteiger partial charge in [0.2, 0.25) is 11.9 Å². The van der Waals surface area contributed by atoms with E-state index >= 15 is 0 Å². The zero-order chi connectivity index (χ0) is 32.8. The maximum atomic E-state index is 13.6. The summed E-state index contributed by atoms with van der Waals surface area (Å²) < 4.78 is 17.2. The van der Waals surface area contributed by atoms with Gasteiger partial charge in [0.1, 0.15) is 16.6 Å². The molecule has 0 radical (unpaired) electrons. The Morgan fingerprint density at radius 3 is 2.55 bits per heavy atom. The van der Waals surface area contributed by atoms with Gasteiger partial charge in [0.05, 0.1) is 4.90 Å². The van der Waals surface area contributed by atoms with Crippen LogP contribution in [0.3, 0.4) is 0 Å². The van der Waals surface area contributed by atoms with Crippen LogP contribution in [-0.2, 0) is 29.4 Å². The van der Waals surface area contributed by atoms with Gasteiger partial charge in [-0.05, 0) is 93.2 Å². The van der Waals surface area contributed by atoms with Gasteiger partial charge in [-0.15, -0.1) is 0 Å². The number of carbonyl (C=O) groups excluding carboxylic acids is 1. The Labute approximate surface area is 278 Å². The number of benzene rings is 2. The van der Waals surface area contributed by atoms with Crippen LogP contribution in [0.25, 0.3) is 11.0 Å². The summed E-state index contributed by atoms with van der Waals surface area (Å²) >= 11 is 0. The summed E-state index contributed by atoms with van der Waals surface area (Å²) in [5, 5.41) is 10.3. The van der Waals surface area contributed by atoms with Crippen molar-refractivity contribution in [1.29, 1.82) is 0 Å². The molecule has 248 valence electrons. The molecule has 4 aromatic rings. The highest BCUT2D eigenvalue weighted by Gasteiger charge is 2.25. The number of piperidine rings is 2. The fraction of sp³-hybridized carbons (Fsp3) is 0.429. The number of nitrogens with zero attached hydrogens (tertiary/aromatic N) is 5. The average molecular weight is 657 g/mol. The molecule has 2 aliphatic heterocycles. The number of hydrogen-bond acceptors (Lipinski definition) is 8. The third-order valence-electron chi connectivity index (χ3n) is 9.21. The zero-order valence-electron chi connectivity index (χ0n) is 27.2. The van der Waals surface area contributed by atoms with Gasteiger partial charge in [0, 0.05) is 69.0 Å². The van der Waals surface area contributed by atoms with Gasteiger partial charge >= 0.3 is 0 Å². The molecular weight excluding hydrogens is 613 g/mol. The number of rotatable bonds is 11. The minimum absolute atomic E-state index is 0.0267. The number of likely N-dealkylation sites (tertiary alicyclic amines) is 1. The molecule has 1 atom stereocenters. The van der Waals surface area contributed by atoms with Crippen molar-refractivity contribution < 1.29 is 9.00 Å². The second-order valence-corrected chi connectivity index (χ2v) is 14.0. The first-order valence-electron chi connectivity index (χ1n) is 16.5. The minimum Gasteiger partial charge on any atom is -0.351 e. The van der Waals surface area contributed by atoms with Gasteiger partial charge in [0.25, 0.3) is 5.56 Å². The summed E-state index contributed by atoms with van der Waals surface area (Å²) in [5.74, 6) is 1.00. The topological polar surface area (TPSA) is 124 Å². The fourth-order valence-electron chi connectivity index (χ4n) is 6.48. The maximum Gasteiger partial charge on any atom is 0.251 e. The zero-order valence-corrected chi connectivity index (χ0v) is 28.0. The molecular formula is C35H44N8O3S. The first kappa shape index (κ1) is 33.0. The van der Waals surface area contributed by atoms with Crippen molar-refractivity contribution in [3.05, 3.63) is 88.3 Å². The number of nitrogens with one attached hydrogen (secondary N) is 3. The van der Waals surface area contributed by atoms with E-state index in [-0.39, 0.29) is 17.5 Å². The van der Waals surface area contributed by atoms with Gasteiger partial charge in [-0.1, -0.05) is 24.3 Å². The number of hydrogen-bond donors (Lipinski definition) is 3. The van der Waals surface area contributed by atoms with Crippen molar-refractivity contribution in [2.24, 2.45) is 7.05 Å². The lowest BCUT2D eigenvalue weighted by molar-refractivity contribution is -0.116. The Morgan fingerprint density at radius 2 is 1.77 bits per heavy atom. The number of anilines is 2. The highest BCUT2D eigenvalue weighted by Crippen LogP contribution is 2.30. The van der Waals surface area contributed by atoms with Crippen molar-refractivity contribution >= 4 is 39.6 Å². The summed E-state index contributed by atoms with van der Waals surface area (Å²) in [4.78, 5) is 36.5. The monoisotopic (exact) mass is 656 g/mol. The molecule has 0 aliphatic carbocycles. The number of aromatic nitrogens is 3. The van der Waals surface area contributed by atoms with E-state index in [9.17, 15) is 13.8 Å². The van der Waals surface area contributed by atoms with E-state index in [2.05, 4.69) is 55.1 Å². The third-order valence-corrected chi connectivity index (χ3v) is 10.7. The number of pyridine rings is 1. The summed E-state index contributed by atoms with van der Waals surface area (Å²) in [6, 6.07) is 19.9. The molecule has 2 aromatic carbocycles. The molecule has 2 fully saturated rings. The molecule has 11 nitrogen and oxygen atoms in total. The lowest BCUT2D eigenvalue weighted by Gasteiger charge is -2.33. The predicted molar refractivity (Wildman–Crippen MR) is 187 cm³/mol. The van der Waals surface area contributed by atoms with Crippen molar-refractivity contribution in [3.63, 3.8) is 0 Å². The molecule has 1 amide bonds. The second-order valence-electron chi connectivity index (χ2n) is 12.5. The van der Waals surface area contributed by atoms with E-state index in [1.807, 2.05) is 35.6 Å². The van der Waals surface area contributed by atoms with Crippen molar-refractivity contribution in [3.8, 4) is 0 Å². The molecule has 4 heterocycles. The SMILES string of the molecule is CNCCC(=O)Nc1cccc(C2CCN(Cc3cccc(S(=O)N4CCC(Nc5ncc6ccc(=O)n(C)c6n5)CC4)c3)CC2)c1. The molecule has 2 aromatic heterocycles. The first-order valence-corrected chi connectivity index (χ1v) is 17.6. The van der Waals surface area contributed by atoms with Crippen molar-refractivity contribution in [1.82, 2.24) is 29.1 Å². The van der Waals surface area contributed by atoms with Crippen LogP contribution >= 0.6 is 0 Å². The highest BCUT2D eigenvalue weighted by molar-refractivity contribution is 7.82. The van der Waals surface area contributed by atoms with E-state index in [1.54, 1.807) is 19.3 Å². The molecule has 0 saturated carbocycles. The molecule has 0 bridgehead atoms. The summed E-state index contributed by atoms with van der Waals surface area (Å²) in [6.45, 7) is 4.89. The molecule has 12 heteroatoms. The molecule has 0 spiro atoms. The van der Waals surface area contributed by atoms with Gasteiger partial charge in [-0.2, -0.15) is 4.98 Å². The number of carbonyl (C=O) groups is 1. The quantitative estimate of drug-likeness (QED) is 0.223. The number of fused-ring (bicyclic) bond motifs is 1. The second kappa shape index (κ2) is 15.3. The summed E-state index contributed by atoms with van der Waals surface area (Å²) in [5.41, 5.74) is 3.83. The van der Waals surface area contributed by atoms with Crippen LogP contribution in [0.2, 0.25) is 0 Å². The Bertz CT molecular complexity index is 1780. The van der Waals surface area contributed by atoms with Crippen LogP contribution in [0.1, 0.15) is 49.1 Å². The Hall–Kier alpha value is -3.97. The first-order chi connectivity index (χ1) is 22.9. The van der Waals surface area contributed by atoms with Crippen LogP contribution < -0.4 is 21.5 Å². The van der Waals surface area contributed by atoms with Crippen LogP contribution in [0.4, 0.5) is 11.6 Å². The van der Waals surface area contributed by atoms with E-state index < -0.39 is 11.0 Å². The highest BCUT2D eigenvalue weighted by atomic mass is 32.2. The predicted octanol–water partition coefficient (Wildman–Crippen LogP) is 3.86. The lowest BCUT2D eigenvalue weighted by Crippen LogP contribution is -2.40. The van der Waals surface area contributed by atoms with Gasteiger partial charge in [-0.25, -0.2) is 13.5 Å². The number of amides is 1. The Kier molecular flexibility index (Phi) is 10.7. The van der Waals surface area contributed by atoms with Crippen LogP contribution in [0.15, 0.2) is 76.6 Å². The van der Waals surface area contributed by atoms with Gasteiger partial charge in [0.15, 0.2) is 0 Å². The Morgan fingerprint density at radius 1 is 0.979 bits per heavy atom. The van der Waals surface area contributed by atoms with E-state index in [0.29, 0.717) is 43.6 Å². The fourth-order valence-corrected chi connectivity index (χ4v) is 7.77. The smallest absolute Gasteiger partial charge is 0.251 e. The number of aryl methyl sites for hydroxylation is 1. The maximum absolute atomic E-state index is 13.6. The molecule has 2 aliphatic rings. The molecule has 1 unspecified atom stereocenters. The van der Waals surface area contributed by atoms with E-state index in [1.165, 1.54) is 21.8 Å². The van der Waals surface area contributed by atoms with Crippen molar-refractivity contribution in [2.75, 3.05) is 50.4 Å². The summed E-state index contributed by atoms with van der Waals surface area (Å²) in [6.07, 6.45) is 5.96. The van der Waals surface area contributed by atoms with Crippen LogP contribution in [0, 0.1) is 0 Å². The van der Waals surface area contributed by atoms with Gasteiger partial charge in [-0.3, -0.25) is 19.1 Å². The molecule has 2 saturated heterocycles. The molecule has 47 heavy (non-hydrogen) atoms. The largest absolute Gasteiger partial charge is 0.351 e. The van der Waals surface area contributed by atoms with Gasteiger partial charge < -0.3 is 16.0 Å². The standard InChI is InChI=1S/C35H44N8O3S/c1-36-16-11-32(44)38-30-7-4-6-27(22-30)26-12-17-42(18-13-26)24-25-5-3-8-31(21-25)47(46)43-19-14-29(15-20-43)39-35-37-23-28-9-10-33(45)41(2)34(28)40-35/h3-10,21-23,26,29,36H,11-20,24H2,1-2H3,(H,38,44)(H,37,39,40). The van der Waals surface area contributed by atoms with E-state index in [4.69, 9.17) is 0 Å². The minimum atomic E-state index is -1.23. The van der Waals surface area contributed by atoms with E-state index in [0.717, 1.165) is 61.3 Å². The van der Waals surface area contributed by atoms with Crippen molar-refractivity contribution in [2.45, 2.75) is 55.5 Å². The average Bonchev–Trinajstić information content (AvgIpc) is 3.10. The molecule has 6 rings (SSSR count). The lowest BCUT2D eigenvalue weighted by atomic mass is 9.89. The normalized spacial score (nSPS) is 17.5. The van der Waals surface area contributed by atoms with Crippen LogP contribution in [-0.4, -0.2) is 79.7 Å². The Balaban J connectivity index is 0.982. The summed E-state index contributed by atoms with van der Waals surface area (Å²) in [7, 11) is 2.33. The molecule has 3 N–H and O–H groups in total.